The Labute approximate surface area is 215 Å². The van der Waals surface area contributed by atoms with E-state index in [4.69, 9.17) is 5.73 Å². The van der Waals surface area contributed by atoms with E-state index in [1.807, 2.05) is 6.07 Å². The molecule has 0 fully saturated rings. The average Bonchev–Trinajstić information content (AvgIpc) is 2.93. The predicted molar refractivity (Wildman–Crippen MR) is 156 cm³/mol. The zero-order valence-corrected chi connectivity index (χ0v) is 21.3. The van der Waals surface area contributed by atoms with Crippen molar-refractivity contribution in [2.75, 3.05) is 5.73 Å². The van der Waals surface area contributed by atoms with Crippen molar-refractivity contribution < 1.29 is 0 Å². The lowest BCUT2D eigenvalue weighted by atomic mass is 9.90. The van der Waals surface area contributed by atoms with Crippen molar-refractivity contribution in [1.29, 1.82) is 0 Å². The molecule has 0 unspecified atom stereocenters. The highest BCUT2D eigenvalue weighted by Gasteiger charge is 2.11. The Morgan fingerprint density at radius 1 is 0.500 bits per heavy atom. The van der Waals surface area contributed by atoms with Gasteiger partial charge >= 0.3 is 0 Å². The molecule has 0 aliphatic rings. The summed E-state index contributed by atoms with van der Waals surface area (Å²) in [7, 11) is 0. The largest absolute Gasteiger partial charge is 0.398 e. The van der Waals surface area contributed by atoms with E-state index >= 15 is 0 Å². The van der Waals surface area contributed by atoms with Gasteiger partial charge in [-0.05, 0) is 98.3 Å². The smallest absolute Gasteiger partial charge is 0.0349 e. The predicted octanol–water partition coefficient (Wildman–Crippen LogP) is 9.62. The lowest BCUT2D eigenvalue weighted by Crippen LogP contribution is -1.97. The van der Waals surface area contributed by atoms with E-state index in [0.717, 1.165) is 12.1 Å². The molecule has 2 N–H and O–H groups in total. The Kier molecular flexibility index (Phi) is 6.73. The first-order valence-corrected chi connectivity index (χ1v) is 12.8. The molecule has 5 rings (SSSR count). The van der Waals surface area contributed by atoms with Crippen LogP contribution < -0.4 is 5.73 Å². The van der Waals surface area contributed by atoms with E-state index < -0.39 is 0 Å². The van der Waals surface area contributed by atoms with Gasteiger partial charge in [0.25, 0.3) is 0 Å². The SMILES string of the molecule is CCc1ccc(-c2cc(-c3ccc(-c4ccccc4)cc3)cc(-c3ccc(N)c(C(C)C)c3)c2)cc1. The maximum absolute atomic E-state index is 6.30. The number of aryl methyl sites for hydroxylation is 1. The molecule has 0 bridgehead atoms. The van der Waals surface area contributed by atoms with Gasteiger partial charge in [0.1, 0.15) is 0 Å². The Morgan fingerprint density at radius 3 is 1.47 bits per heavy atom. The normalized spacial score (nSPS) is 11.1. The van der Waals surface area contributed by atoms with Crippen LogP contribution >= 0.6 is 0 Å². The van der Waals surface area contributed by atoms with E-state index in [1.165, 1.54) is 55.6 Å². The molecule has 0 saturated carbocycles. The van der Waals surface area contributed by atoms with Gasteiger partial charge in [-0.25, -0.2) is 0 Å². The second kappa shape index (κ2) is 10.3. The van der Waals surface area contributed by atoms with E-state index in [2.05, 4.69) is 130 Å². The van der Waals surface area contributed by atoms with Gasteiger partial charge < -0.3 is 5.73 Å². The number of rotatable bonds is 6. The molecule has 0 aliphatic heterocycles. The fraction of sp³-hybridized carbons (Fsp3) is 0.143. The first kappa shape index (κ1) is 23.6. The summed E-state index contributed by atoms with van der Waals surface area (Å²) in [4.78, 5) is 0. The Bertz CT molecular complexity index is 1460. The summed E-state index contributed by atoms with van der Waals surface area (Å²) in [6.07, 6.45) is 1.04. The standard InChI is InChI=1S/C35H33N/c1-4-25-10-12-28(13-11-25)31-20-32(29-16-14-27(15-17-29)26-8-6-5-7-9-26)22-33(21-31)30-18-19-35(36)34(23-30)24(2)3/h5-24H,4,36H2,1-3H3. The van der Waals surface area contributed by atoms with Crippen molar-refractivity contribution in [3.63, 3.8) is 0 Å². The van der Waals surface area contributed by atoms with Crippen LogP contribution in [0.1, 0.15) is 37.8 Å². The van der Waals surface area contributed by atoms with E-state index in [-0.39, 0.29) is 0 Å². The summed E-state index contributed by atoms with van der Waals surface area (Å²) in [6.45, 7) is 6.59. The summed E-state index contributed by atoms with van der Waals surface area (Å²) in [6, 6.07) is 41.7. The summed E-state index contributed by atoms with van der Waals surface area (Å²) >= 11 is 0. The molecule has 36 heavy (non-hydrogen) atoms. The molecule has 1 nitrogen and oxygen atoms in total. The van der Waals surface area contributed by atoms with Crippen molar-refractivity contribution in [2.45, 2.75) is 33.1 Å². The Hall–Kier alpha value is -4.10. The van der Waals surface area contributed by atoms with Gasteiger partial charge in [-0.3, -0.25) is 0 Å². The summed E-state index contributed by atoms with van der Waals surface area (Å²) in [5.41, 5.74) is 19.4. The van der Waals surface area contributed by atoms with Crippen LogP contribution in [0.25, 0.3) is 44.5 Å². The lowest BCUT2D eigenvalue weighted by Gasteiger charge is -2.15. The zero-order chi connectivity index (χ0) is 25.1. The van der Waals surface area contributed by atoms with Crippen LogP contribution in [0, 0.1) is 0 Å². The number of nitrogens with two attached hydrogens (primary N) is 1. The molecule has 0 radical (unpaired) electrons. The summed E-state index contributed by atoms with van der Waals surface area (Å²) in [5, 5.41) is 0. The number of hydrogen-bond donors (Lipinski definition) is 1. The Morgan fingerprint density at radius 2 is 0.944 bits per heavy atom. The minimum absolute atomic E-state index is 0.375. The van der Waals surface area contributed by atoms with E-state index in [0.29, 0.717) is 5.92 Å². The van der Waals surface area contributed by atoms with Crippen molar-refractivity contribution in [3.05, 3.63) is 126 Å². The first-order valence-electron chi connectivity index (χ1n) is 12.8. The number of anilines is 1. The molecule has 0 aliphatic carbocycles. The molecule has 178 valence electrons. The molecule has 0 heterocycles. The minimum Gasteiger partial charge on any atom is -0.398 e. The molecule has 0 amide bonds. The van der Waals surface area contributed by atoms with Crippen LogP contribution in [0.15, 0.2) is 115 Å². The number of benzene rings is 5. The molecule has 0 atom stereocenters. The average molecular weight is 468 g/mol. The fourth-order valence-electron chi connectivity index (χ4n) is 4.80. The van der Waals surface area contributed by atoms with Crippen LogP contribution in [-0.2, 0) is 6.42 Å². The van der Waals surface area contributed by atoms with Crippen molar-refractivity contribution in [2.24, 2.45) is 0 Å². The molecule has 5 aromatic rings. The van der Waals surface area contributed by atoms with Gasteiger partial charge in [0, 0.05) is 5.69 Å². The quantitative estimate of drug-likeness (QED) is 0.247. The topological polar surface area (TPSA) is 26.0 Å². The molecule has 0 spiro atoms. The maximum atomic E-state index is 6.30. The highest BCUT2D eigenvalue weighted by atomic mass is 14.6. The van der Waals surface area contributed by atoms with Gasteiger partial charge in [-0.1, -0.05) is 106 Å². The van der Waals surface area contributed by atoms with Crippen molar-refractivity contribution in [1.82, 2.24) is 0 Å². The van der Waals surface area contributed by atoms with Crippen LogP contribution in [-0.4, -0.2) is 0 Å². The van der Waals surface area contributed by atoms with Crippen LogP contribution in [0.3, 0.4) is 0 Å². The second-order valence-electron chi connectivity index (χ2n) is 9.79. The molecule has 0 saturated heterocycles. The maximum Gasteiger partial charge on any atom is 0.0349 e. The third-order valence-electron chi connectivity index (χ3n) is 7.00. The zero-order valence-electron chi connectivity index (χ0n) is 21.3. The van der Waals surface area contributed by atoms with Gasteiger partial charge in [0.15, 0.2) is 0 Å². The Balaban J connectivity index is 1.62. The van der Waals surface area contributed by atoms with Gasteiger partial charge in [-0.15, -0.1) is 0 Å². The van der Waals surface area contributed by atoms with Gasteiger partial charge in [0.05, 0.1) is 0 Å². The molecule has 5 aromatic carbocycles. The highest BCUT2D eigenvalue weighted by molar-refractivity contribution is 5.82. The number of hydrogen-bond acceptors (Lipinski definition) is 1. The van der Waals surface area contributed by atoms with Crippen molar-refractivity contribution in [3.8, 4) is 44.5 Å². The van der Waals surface area contributed by atoms with E-state index in [1.54, 1.807) is 0 Å². The van der Waals surface area contributed by atoms with Gasteiger partial charge in [-0.2, -0.15) is 0 Å². The highest BCUT2D eigenvalue weighted by Crippen LogP contribution is 2.36. The lowest BCUT2D eigenvalue weighted by molar-refractivity contribution is 0.870. The van der Waals surface area contributed by atoms with E-state index in [9.17, 15) is 0 Å². The third-order valence-corrected chi connectivity index (χ3v) is 7.00. The van der Waals surface area contributed by atoms with Crippen LogP contribution in [0.5, 0.6) is 0 Å². The number of nitrogen functional groups attached to an aromatic ring is 1. The van der Waals surface area contributed by atoms with Crippen molar-refractivity contribution >= 4 is 5.69 Å². The van der Waals surface area contributed by atoms with Crippen LogP contribution in [0.2, 0.25) is 0 Å². The molecule has 0 aromatic heterocycles. The molecular formula is C35H33N. The summed E-state index contributed by atoms with van der Waals surface area (Å²) in [5.74, 6) is 0.375. The summed E-state index contributed by atoms with van der Waals surface area (Å²) < 4.78 is 0. The third kappa shape index (κ3) is 4.97. The molecule has 1 heteroatoms. The molecular weight excluding hydrogens is 434 g/mol. The van der Waals surface area contributed by atoms with Gasteiger partial charge in [0.2, 0.25) is 0 Å². The minimum atomic E-state index is 0.375. The second-order valence-corrected chi connectivity index (χ2v) is 9.79. The van der Waals surface area contributed by atoms with Crippen LogP contribution in [0.4, 0.5) is 5.69 Å². The fourth-order valence-corrected chi connectivity index (χ4v) is 4.80. The monoisotopic (exact) mass is 467 g/mol. The first-order chi connectivity index (χ1) is 17.5.